The van der Waals surface area contributed by atoms with Crippen LogP contribution in [0.1, 0.15) is 5.69 Å². The molecule has 0 aliphatic carbocycles. The van der Waals surface area contributed by atoms with Gasteiger partial charge in [-0.05, 0) is 19.1 Å². The van der Waals surface area contributed by atoms with Crippen molar-refractivity contribution in [1.82, 2.24) is 24.5 Å². The Morgan fingerprint density at radius 2 is 2.04 bits per heavy atom. The molecule has 1 aliphatic heterocycles. The highest BCUT2D eigenvalue weighted by Crippen LogP contribution is 2.24. The van der Waals surface area contributed by atoms with E-state index in [4.69, 9.17) is 15.6 Å². The van der Waals surface area contributed by atoms with Gasteiger partial charge in [0.25, 0.3) is 0 Å². The van der Waals surface area contributed by atoms with Gasteiger partial charge in [-0.15, -0.1) is 0 Å². The van der Waals surface area contributed by atoms with Crippen LogP contribution in [0.25, 0.3) is 16.9 Å². The highest BCUT2D eigenvalue weighted by Gasteiger charge is 2.19. The van der Waals surface area contributed by atoms with E-state index in [0.29, 0.717) is 36.1 Å². The predicted molar refractivity (Wildman–Crippen MR) is 90.0 cm³/mol. The van der Waals surface area contributed by atoms with Gasteiger partial charge < -0.3 is 15.1 Å². The van der Waals surface area contributed by atoms with E-state index in [1.807, 2.05) is 23.6 Å². The average molecular weight is 326 g/mol. The molecule has 3 N–H and O–H groups in total. The van der Waals surface area contributed by atoms with E-state index in [1.165, 1.54) is 0 Å². The van der Waals surface area contributed by atoms with Crippen LogP contribution >= 0.6 is 0 Å². The van der Waals surface area contributed by atoms with Crippen molar-refractivity contribution in [2.45, 2.75) is 6.92 Å². The number of hydrazine groups is 1. The van der Waals surface area contributed by atoms with Crippen LogP contribution in [-0.4, -0.2) is 50.8 Å². The second-order valence-electron chi connectivity index (χ2n) is 5.56. The van der Waals surface area contributed by atoms with Crippen LogP contribution < -0.4 is 16.2 Å². The molecule has 0 amide bonds. The zero-order valence-corrected chi connectivity index (χ0v) is 13.3. The monoisotopic (exact) mass is 326 g/mol. The number of aromatic nitrogens is 5. The summed E-state index contributed by atoms with van der Waals surface area (Å²) in [7, 11) is 0. The van der Waals surface area contributed by atoms with E-state index in [-0.39, 0.29) is 0 Å². The molecule has 24 heavy (non-hydrogen) atoms. The number of anilines is 2. The zero-order chi connectivity index (χ0) is 16.5. The number of nitrogen functional groups attached to an aromatic ring is 1. The molecule has 9 heteroatoms. The fourth-order valence-electron chi connectivity index (χ4n) is 2.76. The Labute approximate surface area is 138 Å². The maximum absolute atomic E-state index is 5.64. The minimum atomic E-state index is 0.506. The standard InChI is InChI=1S/C15H18N8O/c1-10-8-11(2-3-17-10)23-9-18-12-13(21-16)19-15(20-14(12)23)22-4-6-24-7-5-22/h2-3,8-9H,4-7,16H2,1H3,(H,19,20,21). The lowest BCUT2D eigenvalue weighted by atomic mass is 10.3. The molecule has 0 atom stereocenters. The molecular formula is C15H18N8O. The van der Waals surface area contributed by atoms with Crippen molar-refractivity contribution in [3.8, 4) is 5.69 Å². The number of nitrogens with one attached hydrogen (secondary N) is 1. The van der Waals surface area contributed by atoms with Crippen LogP contribution in [-0.2, 0) is 4.74 Å². The number of aryl methyl sites for hydroxylation is 1. The number of hydrogen-bond donors (Lipinski definition) is 2. The number of ether oxygens (including phenoxy) is 1. The molecule has 0 aromatic carbocycles. The summed E-state index contributed by atoms with van der Waals surface area (Å²) in [5.74, 6) is 6.77. The van der Waals surface area contributed by atoms with Gasteiger partial charge in [0, 0.05) is 25.0 Å². The maximum Gasteiger partial charge on any atom is 0.229 e. The summed E-state index contributed by atoms with van der Waals surface area (Å²) in [6.07, 6.45) is 3.49. The van der Waals surface area contributed by atoms with Gasteiger partial charge >= 0.3 is 0 Å². The lowest BCUT2D eigenvalue weighted by Gasteiger charge is -2.27. The number of fused-ring (bicyclic) bond motifs is 1. The Morgan fingerprint density at radius 3 is 2.79 bits per heavy atom. The van der Waals surface area contributed by atoms with Crippen LogP contribution in [0, 0.1) is 6.92 Å². The van der Waals surface area contributed by atoms with E-state index < -0.39 is 0 Å². The smallest absolute Gasteiger partial charge is 0.229 e. The molecule has 1 aliphatic rings. The molecule has 0 saturated carbocycles. The lowest BCUT2D eigenvalue weighted by molar-refractivity contribution is 0.122. The molecule has 0 bridgehead atoms. The molecule has 4 heterocycles. The Morgan fingerprint density at radius 1 is 1.21 bits per heavy atom. The summed E-state index contributed by atoms with van der Waals surface area (Å²) in [5, 5.41) is 0. The van der Waals surface area contributed by atoms with Crippen LogP contribution in [0.4, 0.5) is 11.8 Å². The second-order valence-corrected chi connectivity index (χ2v) is 5.56. The first-order valence-electron chi connectivity index (χ1n) is 7.73. The molecule has 3 aromatic heterocycles. The summed E-state index contributed by atoms with van der Waals surface area (Å²) in [4.78, 5) is 19.9. The quantitative estimate of drug-likeness (QED) is 0.533. The Bertz CT molecular complexity index is 871. The first kappa shape index (κ1) is 14.8. The molecule has 9 nitrogen and oxygen atoms in total. The molecule has 0 radical (unpaired) electrons. The lowest BCUT2D eigenvalue weighted by Crippen LogP contribution is -2.37. The molecule has 4 rings (SSSR count). The van der Waals surface area contributed by atoms with Crippen molar-refractivity contribution >= 4 is 22.9 Å². The molecule has 1 fully saturated rings. The van der Waals surface area contributed by atoms with Gasteiger partial charge in [0.15, 0.2) is 17.0 Å². The molecule has 3 aromatic rings. The summed E-state index contributed by atoms with van der Waals surface area (Å²) >= 11 is 0. The molecule has 124 valence electrons. The van der Waals surface area contributed by atoms with Crippen LogP contribution in [0.15, 0.2) is 24.7 Å². The highest BCUT2D eigenvalue weighted by atomic mass is 16.5. The zero-order valence-electron chi connectivity index (χ0n) is 13.3. The highest BCUT2D eigenvalue weighted by molar-refractivity contribution is 5.85. The van der Waals surface area contributed by atoms with Crippen LogP contribution in [0.2, 0.25) is 0 Å². The predicted octanol–water partition coefficient (Wildman–Crippen LogP) is 0.641. The Kier molecular flexibility index (Phi) is 3.71. The summed E-state index contributed by atoms with van der Waals surface area (Å²) < 4.78 is 7.31. The number of nitrogens with two attached hydrogens (primary N) is 1. The van der Waals surface area contributed by atoms with Crippen molar-refractivity contribution in [3.05, 3.63) is 30.4 Å². The third kappa shape index (κ3) is 2.53. The average Bonchev–Trinajstić information content (AvgIpc) is 3.05. The van der Waals surface area contributed by atoms with E-state index >= 15 is 0 Å². The Balaban J connectivity index is 1.87. The van der Waals surface area contributed by atoms with Crippen molar-refractivity contribution in [3.63, 3.8) is 0 Å². The van der Waals surface area contributed by atoms with Crippen molar-refractivity contribution in [2.24, 2.45) is 5.84 Å². The van der Waals surface area contributed by atoms with Crippen LogP contribution in [0.5, 0.6) is 0 Å². The first-order chi connectivity index (χ1) is 11.8. The SMILES string of the molecule is Cc1cc(-n2cnc3c(NN)nc(N4CCOCC4)nc32)ccn1. The van der Waals surface area contributed by atoms with E-state index in [0.717, 1.165) is 24.5 Å². The van der Waals surface area contributed by atoms with Crippen molar-refractivity contribution in [2.75, 3.05) is 36.6 Å². The second kappa shape index (κ2) is 6.02. The van der Waals surface area contributed by atoms with Crippen molar-refractivity contribution in [1.29, 1.82) is 0 Å². The number of hydrogen-bond acceptors (Lipinski definition) is 8. The van der Waals surface area contributed by atoms with E-state index in [2.05, 4.69) is 25.3 Å². The molecular weight excluding hydrogens is 308 g/mol. The van der Waals surface area contributed by atoms with Gasteiger partial charge in [-0.25, -0.2) is 10.8 Å². The number of nitrogens with zero attached hydrogens (tertiary/aromatic N) is 6. The van der Waals surface area contributed by atoms with Gasteiger partial charge in [-0.2, -0.15) is 9.97 Å². The van der Waals surface area contributed by atoms with Gasteiger partial charge in [0.1, 0.15) is 6.33 Å². The van der Waals surface area contributed by atoms with Gasteiger partial charge in [-0.1, -0.05) is 0 Å². The topological polar surface area (TPSA) is 107 Å². The minimum Gasteiger partial charge on any atom is -0.378 e. The maximum atomic E-state index is 5.64. The summed E-state index contributed by atoms with van der Waals surface area (Å²) in [6, 6.07) is 3.90. The van der Waals surface area contributed by atoms with Crippen LogP contribution in [0.3, 0.4) is 0 Å². The minimum absolute atomic E-state index is 0.506. The number of pyridine rings is 1. The normalized spacial score (nSPS) is 15.0. The van der Waals surface area contributed by atoms with Gasteiger partial charge in [-0.3, -0.25) is 9.55 Å². The van der Waals surface area contributed by atoms with Gasteiger partial charge in [0.2, 0.25) is 5.95 Å². The van der Waals surface area contributed by atoms with Crippen molar-refractivity contribution < 1.29 is 4.74 Å². The summed E-state index contributed by atoms with van der Waals surface area (Å²) in [5.41, 5.74) is 5.83. The molecule has 0 unspecified atom stereocenters. The Hall–Kier alpha value is -2.78. The first-order valence-corrected chi connectivity index (χ1v) is 7.73. The molecule has 0 spiro atoms. The largest absolute Gasteiger partial charge is 0.378 e. The fourth-order valence-corrected chi connectivity index (χ4v) is 2.76. The number of imidazole rings is 1. The number of rotatable bonds is 3. The van der Waals surface area contributed by atoms with Gasteiger partial charge in [0.05, 0.1) is 18.9 Å². The fraction of sp³-hybridized carbons (Fsp3) is 0.333. The summed E-state index contributed by atoms with van der Waals surface area (Å²) in [6.45, 7) is 4.77. The number of morpholine rings is 1. The van der Waals surface area contributed by atoms with E-state index in [1.54, 1.807) is 12.5 Å². The third-order valence-electron chi connectivity index (χ3n) is 3.97. The van der Waals surface area contributed by atoms with E-state index in [9.17, 15) is 0 Å². The third-order valence-corrected chi connectivity index (χ3v) is 3.97. The molecule has 1 saturated heterocycles.